The number of benzene rings is 1. The first-order valence-corrected chi connectivity index (χ1v) is 5.93. The van der Waals surface area contributed by atoms with E-state index in [2.05, 4.69) is 34.0 Å². The standard InChI is InChI=1S/C9H5N.C3H8N2.BH3O2/c1-2-7-8-4-6(8)5-9(7)10-3-1;1-2-4-5-3-1;2-1-3/h1-5H;4-5H,1-3H2;1-3H. The number of rotatable bonds is 0. The summed E-state index contributed by atoms with van der Waals surface area (Å²) in [5.74, 6) is 0. The van der Waals surface area contributed by atoms with Crippen LogP contribution in [0.3, 0.4) is 0 Å². The van der Waals surface area contributed by atoms with Crippen LogP contribution in [-0.4, -0.2) is 35.8 Å². The SMILES string of the molecule is C1CNNC1.OBO.c1cnc2cc3cc-3c2c1. The van der Waals surface area contributed by atoms with Gasteiger partial charge in [-0.1, -0.05) is 6.07 Å². The molecule has 0 atom stereocenters. The predicted molar refractivity (Wildman–Crippen MR) is 72.9 cm³/mol. The average molecular weight is 245 g/mol. The van der Waals surface area contributed by atoms with E-state index >= 15 is 0 Å². The van der Waals surface area contributed by atoms with Crippen molar-refractivity contribution in [2.75, 3.05) is 13.1 Å². The van der Waals surface area contributed by atoms with Gasteiger partial charge in [0.05, 0.1) is 5.52 Å². The van der Waals surface area contributed by atoms with Crippen LogP contribution in [0.1, 0.15) is 6.42 Å². The Kier molecular flexibility index (Phi) is 4.66. The van der Waals surface area contributed by atoms with E-state index in [1.807, 2.05) is 12.3 Å². The zero-order valence-electron chi connectivity index (χ0n) is 10.1. The molecule has 94 valence electrons. The first kappa shape index (κ1) is 13.0. The lowest BCUT2D eigenvalue weighted by Crippen LogP contribution is -2.21. The third kappa shape index (κ3) is 3.27. The molecule has 0 amide bonds. The fourth-order valence-corrected chi connectivity index (χ4v) is 1.82. The summed E-state index contributed by atoms with van der Waals surface area (Å²) in [6, 6.07) is 8.41. The molecule has 1 aromatic heterocycles. The van der Waals surface area contributed by atoms with Crippen molar-refractivity contribution in [2.45, 2.75) is 6.42 Å². The molecule has 18 heavy (non-hydrogen) atoms. The molecule has 1 fully saturated rings. The van der Waals surface area contributed by atoms with E-state index in [9.17, 15) is 0 Å². The first-order valence-electron chi connectivity index (χ1n) is 5.93. The zero-order valence-corrected chi connectivity index (χ0v) is 10.1. The van der Waals surface area contributed by atoms with Crippen molar-refractivity contribution in [3.8, 4) is 11.1 Å². The molecular weight excluding hydrogens is 229 g/mol. The summed E-state index contributed by atoms with van der Waals surface area (Å²) >= 11 is 0. The summed E-state index contributed by atoms with van der Waals surface area (Å²) in [5.41, 5.74) is 9.84. The summed E-state index contributed by atoms with van der Waals surface area (Å²) in [5, 5.41) is 15.6. The number of pyridine rings is 1. The van der Waals surface area contributed by atoms with E-state index in [4.69, 9.17) is 10.0 Å². The largest absolute Gasteiger partial charge is 0.432 e. The maximum absolute atomic E-state index is 7.12. The predicted octanol–water partition coefficient (Wildman–Crippen LogP) is -0.0630. The maximum atomic E-state index is 7.12. The highest BCUT2D eigenvalue weighted by molar-refractivity contribution is 6.13. The van der Waals surface area contributed by atoms with E-state index in [0.29, 0.717) is 0 Å². The van der Waals surface area contributed by atoms with Crippen LogP contribution in [0.2, 0.25) is 0 Å². The number of hydrogen-bond donors (Lipinski definition) is 4. The Morgan fingerprint density at radius 2 is 1.89 bits per heavy atom. The van der Waals surface area contributed by atoms with Crippen LogP contribution in [0, 0.1) is 0 Å². The van der Waals surface area contributed by atoms with Gasteiger partial charge in [0.2, 0.25) is 0 Å². The minimum atomic E-state index is -0.750. The second kappa shape index (κ2) is 6.46. The quantitative estimate of drug-likeness (QED) is 0.417. The Bertz CT molecular complexity index is 510. The highest BCUT2D eigenvalue weighted by Crippen LogP contribution is 2.41. The van der Waals surface area contributed by atoms with Crippen molar-refractivity contribution in [2.24, 2.45) is 0 Å². The number of nitrogens with one attached hydrogen (secondary N) is 2. The minimum Gasteiger partial charge on any atom is -0.430 e. The fraction of sp³-hybridized carbons (Fsp3) is 0.250. The van der Waals surface area contributed by atoms with Gasteiger partial charge in [0.15, 0.2) is 0 Å². The third-order valence-electron chi connectivity index (χ3n) is 2.68. The molecule has 6 heteroatoms. The van der Waals surface area contributed by atoms with E-state index < -0.39 is 7.69 Å². The van der Waals surface area contributed by atoms with Gasteiger partial charge in [-0.3, -0.25) is 15.8 Å². The molecule has 1 aliphatic heterocycles. The van der Waals surface area contributed by atoms with Crippen molar-refractivity contribution in [3.05, 3.63) is 30.5 Å². The van der Waals surface area contributed by atoms with Gasteiger partial charge < -0.3 is 10.0 Å². The lowest BCUT2D eigenvalue weighted by molar-refractivity contribution is 0.448. The third-order valence-corrected chi connectivity index (χ3v) is 2.68. The van der Waals surface area contributed by atoms with Gasteiger partial charge in [0, 0.05) is 24.7 Å². The number of nitrogens with zero attached hydrogens (tertiary/aromatic N) is 1. The molecule has 2 heterocycles. The molecule has 0 bridgehead atoms. The van der Waals surface area contributed by atoms with Gasteiger partial charge in [0.1, 0.15) is 0 Å². The Morgan fingerprint density at radius 3 is 2.44 bits per heavy atom. The first-order chi connectivity index (χ1) is 8.86. The Balaban J connectivity index is 0.000000128. The van der Waals surface area contributed by atoms with Crippen molar-refractivity contribution >= 4 is 18.6 Å². The van der Waals surface area contributed by atoms with Gasteiger partial charge >= 0.3 is 7.69 Å². The second-order valence-electron chi connectivity index (χ2n) is 3.94. The Labute approximate surface area is 106 Å². The molecule has 3 aliphatic rings. The minimum absolute atomic E-state index is 0.750. The lowest BCUT2D eigenvalue weighted by atomic mass is 10.3. The zero-order chi connectivity index (χ0) is 12.8. The van der Waals surface area contributed by atoms with Crippen molar-refractivity contribution in [1.82, 2.24) is 15.8 Å². The van der Waals surface area contributed by atoms with E-state index in [-0.39, 0.29) is 0 Å². The Morgan fingerprint density at radius 1 is 1.17 bits per heavy atom. The molecule has 4 rings (SSSR count). The molecule has 1 saturated heterocycles. The van der Waals surface area contributed by atoms with Crippen molar-refractivity contribution < 1.29 is 10.0 Å². The second-order valence-corrected chi connectivity index (χ2v) is 3.94. The smallest absolute Gasteiger partial charge is 0.430 e. The number of hydrazine groups is 1. The highest BCUT2D eigenvalue weighted by atomic mass is 16.4. The van der Waals surface area contributed by atoms with E-state index in [1.165, 1.54) is 22.9 Å². The molecule has 1 aromatic rings. The normalized spacial score (nSPS) is 14.1. The summed E-state index contributed by atoms with van der Waals surface area (Å²) < 4.78 is 0. The molecule has 0 unspecified atom stereocenters. The topological polar surface area (TPSA) is 77.4 Å². The molecule has 0 aromatic carbocycles. The Hall–Kier alpha value is -1.47. The molecule has 0 saturated carbocycles. The van der Waals surface area contributed by atoms with Gasteiger partial charge in [-0.2, -0.15) is 0 Å². The molecular formula is C12H16BN3O2. The maximum Gasteiger partial charge on any atom is 0.432 e. The molecule has 2 aliphatic carbocycles. The van der Waals surface area contributed by atoms with Gasteiger partial charge in [0.25, 0.3) is 0 Å². The van der Waals surface area contributed by atoms with Gasteiger partial charge in [-0.05, 0) is 35.7 Å². The summed E-state index contributed by atoms with van der Waals surface area (Å²) in [6.45, 7) is 2.28. The van der Waals surface area contributed by atoms with Crippen molar-refractivity contribution in [3.63, 3.8) is 0 Å². The molecule has 0 spiro atoms. The molecule has 0 radical (unpaired) electrons. The van der Waals surface area contributed by atoms with Crippen LogP contribution in [0.25, 0.3) is 22.0 Å². The monoisotopic (exact) mass is 245 g/mol. The fourth-order valence-electron chi connectivity index (χ4n) is 1.82. The van der Waals surface area contributed by atoms with Crippen LogP contribution in [0.15, 0.2) is 30.5 Å². The molecule has 5 nitrogen and oxygen atoms in total. The lowest BCUT2D eigenvalue weighted by Gasteiger charge is -1.84. The van der Waals surface area contributed by atoms with Crippen LogP contribution in [0.4, 0.5) is 0 Å². The molecule has 4 N–H and O–H groups in total. The van der Waals surface area contributed by atoms with Gasteiger partial charge in [-0.15, -0.1) is 0 Å². The number of hydrogen-bond acceptors (Lipinski definition) is 5. The number of fused-ring (bicyclic) bond motifs is 3. The highest BCUT2D eigenvalue weighted by Gasteiger charge is 2.16. The van der Waals surface area contributed by atoms with E-state index in [0.717, 1.165) is 18.6 Å². The van der Waals surface area contributed by atoms with Crippen LogP contribution >= 0.6 is 0 Å². The van der Waals surface area contributed by atoms with Crippen LogP contribution < -0.4 is 10.9 Å². The average Bonchev–Trinajstić information content (AvgIpc) is 2.87. The number of aromatic nitrogens is 1. The summed E-state index contributed by atoms with van der Waals surface area (Å²) in [7, 11) is -0.750. The van der Waals surface area contributed by atoms with E-state index in [1.54, 1.807) is 0 Å². The van der Waals surface area contributed by atoms with Crippen LogP contribution in [-0.2, 0) is 0 Å². The van der Waals surface area contributed by atoms with Gasteiger partial charge in [-0.25, -0.2) is 0 Å². The van der Waals surface area contributed by atoms with Crippen LogP contribution in [0.5, 0.6) is 0 Å². The summed E-state index contributed by atoms with van der Waals surface area (Å²) in [4.78, 5) is 4.22. The van der Waals surface area contributed by atoms with Crippen molar-refractivity contribution in [1.29, 1.82) is 0 Å². The summed E-state index contributed by atoms with van der Waals surface area (Å²) in [6.07, 6.45) is 3.11.